The van der Waals surface area contributed by atoms with Gasteiger partial charge in [0.05, 0.1) is 0 Å². The van der Waals surface area contributed by atoms with Crippen molar-refractivity contribution in [1.82, 2.24) is 0 Å². The molecule has 0 amide bonds. The molecule has 0 aliphatic carbocycles. The Balaban J connectivity index is 2.61. The van der Waals surface area contributed by atoms with Crippen molar-refractivity contribution in [1.29, 1.82) is 0 Å². The van der Waals surface area contributed by atoms with Crippen molar-refractivity contribution in [3.05, 3.63) is 35.9 Å². The molecular formula is C9H11NO3. The molecular weight excluding hydrogens is 170 g/mol. The van der Waals surface area contributed by atoms with Gasteiger partial charge in [0.15, 0.2) is 0 Å². The molecule has 0 bridgehead atoms. The second-order valence-corrected chi connectivity index (χ2v) is 2.46. The Hall–Kier alpha value is -1.39. The van der Waals surface area contributed by atoms with Gasteiger partial charge < -0.3 is 4.74 Å². The first-order chi connectivity index (χ1) is 6.38. The Morgan fingerprint density at radius 1 is 1.38 bits per heavy atom. The molecule has 13 heavy (non-hydrogen) atoms. The van der Waals surface area contributed by atoms with E-state index in [2.05, 4.69) is 9.57 Å². The van der Waals surface area contributed by atoms with Crippen molar-refractivity contribution >= 4 is 6.47 Å². The fourth-order valence-corrected chi connectivity index (χ4v) is 1.01. The van der Waals surface area contributed by atoms with Gasteiger partial charge in [-0.05, 0) is 5.56 Å². The number of benzene rings is 1. The van der Waals surface area contributed by atoms with Crippen molar-refractivity contribution in [2.24, 2.45) is 5.90 Å². The number of rotatable bonds is 5. The number of carbonyl (C=O) groups excluding carboxylic acids is 1. The summed E-state index contributed by atoms with van der Waals surface area (Å²) in [6, 6.07) is 9.32. The summed E-state index contributed by atoms with van der Waals surface area (Å²) < 4.78 is 4.56. The standard InChI is InChI=1S/C9H11NO3/c10-13-9(6-12-7-11)8-4-2-1-3-5-8/h1-5,7,9H,6,10H2. The smallest absolute Gasteiger partial charge is 0.293 e. The number of carbonyl (C=O) groups is 1. The lowest BCUT2D eigenvalue weighted by Crippen LogP contribution is -2.15. The molecule has 2 N–H and O–H groups in total. The molecule has 0 aromatic heterocycles. The summed E-state index contributed by atoms with van der Waals surface area (Å²) in [6.45, 7) is 0.499. The van der Waals surface area contributed by atoms with E-state index in [1.54, 1.807) is 0 Å². The van der Waals surface area contributed by atoms with Gasteiger partial charge in [-0.25, -0.2) is 5.90 Å². The predicted molar refractivity (Wildman–Crippen MR) is 46.5 cm³/mol. The Morgan fingerprint density at radius 3 is 2.62 bits per heavy atom. The Labute approximate surface area is 76.2 Å². The number of hydrogen-bond donors (Lipinski definition) is 1. The number of nitrogens with two attached hydrogens (primary N) is 1. The second kappa shape index (κ2) is 5.29. The molecule has 0 fully saturated rings. The van der Waals surface area contributed by atoms with Crippen LogP contribution in [0.15, 0.2) is 30.3 Å². The van der Waals surface area contributed by atoms with Gasteiger partial charge in [0.1, 0.15) is 12.7 Å². The van der Waals surface area contributed by atoms with Crippen molar-refractivity contribution in [2.45, 2.75) is 6.10 Å². The highest BCUT2D eigenvalue weighted by molar-refractivity contribution is 5.37. The van der Waals surface area contributed by atoms with Crippen LogP contribution in [0.4, 0.5) is 0 Å². The summed E-state index contributed by atoms with van der Waals surface area (Å²) in [4.78, 5) is 14.6. The van der Waals surface area contributed by atoms with Crippen molar-refractivity contribution in [3.8, 4) is 0 Å². The van der Waals surface area contributed by atoms with Gasteiger partial charge >= 0.3 is 0 Å². The van der Waals surface area contributed by atoms with Gasteiger partial charge in [0.2, 0.25) is 0 Å². The topological polar surface area (TPSA) is 61.6 Å². The average Bonchev–Trinajstić information content (AvgIpc) is 2.21. The fraction of sp³-hybridized carbons (Fsp3) is 0.222. The third-order valence-corrected chi connectivity index (χ3v) is 1.65. The summed E-state index contributed by atoms with van der Waals surface area (Å²) in [5, 5.41) is 0. The molecule has 0 heterocycles. The molecule has 1 aromatic carbocycles. The second-order valence-electron chi connectivity index (χ2n) is 2.46. The van der Waals surface area contributed by atoms with Crippen LogP contribution in [-0.4, -0.2) is 13.1 Å². The molecule has 1 unspecified atom stereocenters. The normalized spacial score (nSPS) is 12.1. The third kappa shape index (κ3) is 2.85. The van der Waals surface area contributed by atoms with E-state index in [0.717, 1.165) is 5.56 Å². The Morgan fingerprint density at radius 2 is 2.08 bits per heavy atom. The fourth-order valence-electron chi connectivity index (χ4n) is 1.01. The van der Waals surface area contributed by atoms with Crippen molar-refractivity contribution in [3.63, 3.8) is 0 Å². The maximum atomic E-state index is 9.94. The monoisotopic (exact) mass is 181 g/mol. The van der Waals surface area contributed by atoms with Gasteiger partial charge in [0, 0.05) is 0 Å². The molecule has 4 nitrogen and oxygen atoms in total. The van der Waals surface area contributed by atoms with E-state index in [0.29, 0.717) is 6.47 Å². The summed E-state index contributed by atoms with van der Waals surface area (Å²) in [7, 11) is 0. The van der Waals surface area contributed by atoms with Crippen LogP contribution < -0.4 is 5.90 Å². The zero-order valence-corrected chi connectivity index (χ0v) is 7.05. The maximum Gasteiger partial charge on any atom is 0.293 e. The van der Waals surface area contributed by atoms with Gasteiger partial charge in [-0.15, -0.1) is 0 Å². The minimum absolute atomic E-state index is 0.129. The molecule has 1 aromatic rings. The highest BCUT2D eigenvalue weighted by atomic mass is 16.6. The van der Waals surface area contributed by atoms with E-state index in [1.807, 2.05) is 30.3 Å². The first-order valence-electron chi connectivity index (χ1n) is 3.84. The lowest BCUT2D eigenvalue weighted by molar-refractivity contribution is -0.133. The van der Waals surface area contributed by atoms with Crippen molar-refractivity contribution in [2.75, 3.05) is 6.61 Å². The molecule has 70 valence electrons. The van der Waals surface area contributed by atoms with E-state index in [-0.39, 0.29) is 6.61 Å². The first kappa shape index (κ1) is 9.70. The van der Waals surface area contributed by atoms with Gasteiger partial charge in [0.25, 0.3) is 6.47 Å². The zero-order chi connectivity index (χ0) is 9.52. The quantitative estimate of drug-likeness (QED) is 0.539. The van der Waals surface area contributed by atoms with Gasteiger partial charge in [-0.1, -0.05) is 30.3 Å². The minimum atomic E-state index is -0.397. The SMILES string of the molecule is NOC(COC=O)c1ccccc1. The van der Waals surface area contributed by atoms with E-state index in [4.69, 9.17) is 5.90 Å². The molecule has 0 saturated carbocycles. The molecule has 1 atom stereocenters. The summed E-state index contributed by atoms with van der Waals surface area (Å²) in [5.74, 6) is 5.05. The van der Waals surface area contributed by atoms with Crippen LogP contribution in [0.3, 0.4) is 0 Å². The predicted octanol–water partition coefficient (Wildman–Crippen LogP) is 0.791. The number of hydrogen-bond acceptors (Lipinski definition) is 4. The highest BCUT2D eigenvalue weighted by Crippen LogP contribution is 2.14. The average molecular weight is 181 g/mol. The largest absolute Gasteiger partial charge is 0.465 e. The van der Waals surface area contributed by atoms with Crippen LogP contribution in [-0.2, 0) is 14.4 Å². The molecule has 0 aliphatic rings. The van der Waals surface area contributed by atoms with Crippen LogP contribution in [0.25, 0.3) is 0 Å². The first-order valence-corrected chi connectivity index (χ1v) is 3.84. The molecule has 0 radical (unpaired) electrons. The maximum absolute atomic E-state index is 9.94. The van der Waals surface area contributed by atoms with Crippen LogP contribution in [0, 0.1) is 0 Å². The summed E-state index contributed by atoms with van der Waals surface area (Å²) in [5.41, 5.74) is 0.881. The van der Waals surface area contributed by atoms with Crippen LogP contribution in [0.1, 0.15) is 11.7 Å². The summed E-state index contributed by atoms with van der Waals surface area (Å²) in [6.07, 6.45) is -0.397. The zero-order valence-electron chi connectivity index (χ0n) is 7.05. The Kier molecular flexibility index (Phi) is 3.95. The van der Waals surface area contributed by atoms with E-state index >= 15 is 0 Å². The molecule has 0 spiro atoms. The lowest BCUT2D eigenvalue weighted by atomic mass is 10.1. The van der Waals surface area contributed by atoms with E-state index in [9.17, 15) is 4.79 Å². The van der Waals surface area contributed by atoms with Crippen LogP contribution in [0.5, 0.6) is 0 Å². The molecule has 4 heteroatoms. The summed E-state index contributed by atoms with van der Waals surface area (Å²) >= 11 is 0. The highest BCUT2D eigenvalue weighted by Gasteiger charge is 2.10. The Bertz CT molecular complexity index is 250. The van der Waals surface area contributed by atoms with Gasteiger partial charge in [-0.2, -0.15) is 0 Å². The van der Waals surface area contributed by atoms with Crippen LogP contribution >= 0.6 is 0 Å². The molecule has 1 rings (SSSR count). The molecule has 0 aliphatic heterocycles. The third-order valence-electron chi connectivity index (χ3n) is 1.65. The van der Waals surface area contributed by atoms with Gasteiger partial charge in [-0.3, -0.25) is 9.63 Å². The number of ether oxygens (including phenoxy) is 1. The van der Waals surface area contributed by atoms with E-state index in [1.165, 1.54) is 0 Å². The minimum Gasteiger partial charge on any atom is -0.465 e. The van der Waals surface area contributed by atoms with E-state index < -0.39 is 6.10 Å². The van der Waals surface area contributed by atoms with Crippen molar-refractivity contribution < 1.29 is 14.4 Å². The van der Waals surface area contributed by atoms with Crippen LogP contribution in [0.2, 0.25) is 0 Å². The lowest BCUT2D eigenvalue weighted by Gasteiger charge is -2.12. The molecule has 0 saturated heterocycles.